The van der Waals surface area contributed by atoms with Gasteiger partial charge in [0.25, 0.3) is 11.8 Å². The van der Waals surface area contributed by atoms with E-state index in [2.05, 4.69) is 47.0 Å². The molecule has 0 spiro atoms. The number of nitrogens with zero attached hydrogens (tertiary/aromatic N) is 3. The van der Waals surface area contributed by atoms with Gasteiger partial charge in [-0.1, -0.05) is 152 Å². The number of para-hydroxylation sites is 2. The Morgan fingerprint density at radius 3 is 1.64 bits per heavy atom. The summed E-state index contributed by atoms with van der Waals surface area (Å²) in [6.07, 6.45) is 0. The number of rotatable bonds is 6. The zero-order valence-electron chi connectivity index (χ0n) is 30.1. The topological polar surface area (TPSA) is 66.1 Å². The van der Waals surface area contributed by atoms with E-state index < -0.39 is 5.91 Å². The van der Waals surface area contributed by atoms with Crippen molar-refractivity contribution in [3.8, 4) is 56.3 Å². The van der Waals surface area contributed by atoms with Crippen molar-refractivity contribution in [3.05, 3.63) is 205 Å². The zero-order valence-corrected chi connectivity index (χ0v) is 30.1. The van der Waals surface area contributed by atoms with E-state index in [0.717, 1.165) is 66.3 Å². The van der Waals surface area contributed by atoms with Crippen molar-refractivity contribution in [2.24, 2.45) is 0 Å². The number of hydrogen-bond acceptors (Lipinski definition) is 3. The minimum Gasteiger partial charge on any atom is -0.308 e. The SMILES string of the molecule is N#Cc1ccccc1-c1cccc2c3ccccc3n(-c3cccc4c3C(=O)N(c3c(-c5ccccc5)cc(-c5ccccc5)cc3-c3ccccc3)C4=O)c12. The van der Waals surface area contributed by atoms with E-state index in [1.54, 1.807) is 6.07 Å². The average Bonchev–Trinajstić information content (AvgIpc) is 3.74. The summed E-state index contributed by atoms with van der Waals surface area (Å²) in [6, 6.07) is 63.9. The second-order valence-corrected chi connectivity index (χ2v) is 13.9. The van der Waals surface area contributed by atoms with Gasteiger partial charge in [0, 0.05) is 33.0 Å². The number of hydrogen-bond donors (Lipinski definition) is 0. The van der Waals surface area contributed by atoms with Crippen molar-refractivity contribution in [1.29, 1.82) is 5.26 Å². The highest BCUT2D eigenvalue weighted by molar-refractivity contribution is 6.37. The predicted octanol–water partition coefficient (Wildman–Crippen LogP) is 12.1. The molecule has 0 atom stereocenters. The van der Waals surface area contributed by atoms with E-state index in [4.69, 9.17) is 0 Å². The second kappa shape index (κ2) is 13.2. The highest BCUT2D eigenvalue weighted by Crippen LogP contribution is 2.47. The average molecular weight is 718 g/mol. The maximum Gasteiger partial charge on any atom is 0.268 e. The lowest BCUT2D eigenvalue weighted by atomic mass is 9.90. The molecule has 0 saturated heterocycles. The fourth-order valence-corrected chi connectivity index (χ4v) is 8.31. The summed E-state index contributed by atoms with van der Waals surface area (Å²) in [5.74, 6) is -0.784. The number of carbonyl (C=O) groups is 2. The maximum atomic E-state index is 15.4. The number of fused-ring (bicyclic) bond motifs is 4. The number of amides is 2. The molecule has 1 aromatic heterocycles. The quantitative estimate of drug-likeness (QED) is 0.161. The molecule has 0 radical (unpaired) electrons. The summed E-state index contributed by atoms with van der Waals surface area (Å²) >= 11 is 0. The van der Waals surface area contributed by atoms with Crippen molar-refractivity contribution >= 4 is 39.3 Å². The van der Waals surface area contributed by atoms with Crippen molar-refractivity contribution in [1.82, 2.24) is 4.57 Å². The molecule has 56 heavy (non-hydrogen) atoms. The largest absolute Gasteiger partial charge is 0.308 e. The molecule has 0 unspecified atom stereocenters. The van der Waals surface area contributed by atoms with Gasteiger partial charge in [-0.3, -0.25) is 9.59 Å². The minimum absolute atomic E-state index is 0.327. The van der Waals surface area contributed by atoms with Crippen LogP contribution >= 0.6 is 0 Å². The summed E-state index contributed by atoms with van der Waals surface area (Å²) in [6.45, 7) is 0. The highest BCUT2D eigenvalue weighted by atomic mass is 16.2. The molecule has 2 amide bonds. The fourth-order valence-electron chi connectivity index (χ4n) is 8.31. The van der Waals surface area contributed by atoms with Crippen LogP contribution in [0.3, 0.4) is 0 Å². The molecule has 8 aromatic carbocycles. The van der Waals surface area contributed by atoms with Gasteiger partial charge < -0.3 is 4.57 Å². The Morgan fingerprint density at radius 1 is 0.429 bits per heavy atom. The Morgan fingerprint density at radius 2 is 0.964 bits per heavy atom. The highest BCUT2D eigenvalue weighted by Gasteiger charge is 2.42. The van der Waals surface area contributed by atoms with Gasteiger partial charge >= 0.3 is 0 Å². The third kappa shape index (κ3) is 5.09. The van der Waals surface area contributed by atoms with Crippen LogP contribution in [0, 0.1) is 11.3 Å². The molecular formula is C51H31N3O2. The fraction of sp³-hybridized carbons (Fsp3) is 0. The first kappa shape index (κ1) is 32.8. The molecule has 2 heterocycles. The predicted molar refractivity (Wildman–Crippen MR) is 225 cm³/mol. The van der Waals surface area contributed by atoms with E-state index in [0.29, 0.717) is 28.1 Å². The Kier molecular flexibility index (Phi) is 7.76. The van der Waals surface area contributed by atoms with Crippen LogP contribution in [0.4, 0.5) is 5.69 Å². The molecule has 0 bridgehead atoms. The number of aromatic nitrogens is 1. The number of benzene rings is 8. The molecule has 10 rings (SSSR count). The molecule has 5 heteroatoms. The molecule has 0 saturated carbocycles. The molecule has 0 fully saturated rings. The Labute approximate surface area is 323 Å². The number of nitriles is 1. The first-order valence-corrected chi connectivity index (χ1v) is 18.5. The number of anilines is 1. The molecule has 262 valence electrons. The first-order valence-electron chi connectivity index (χ1n) is 18.5. The van der Waals surface area contributed by atoms with E-state index in [1.165, 1.54) is 4.90 Å². The second-order valence-electron chi connectivity index (χ2n) is 13.9. The Bertz CT molecular complexity index is 3010. The third-order valence-corrected chi connectivity index (χ3v) is 10.8. The standard InChI is InChI=1S/C51H31N3O2/c52-32-36-22-10-11-23-38(36)40-25-14-26-41-39-24-12-13-28-45(39)53(48(40)41)46-29-15-27-42-47(46)51(56)54(50(42)55)49-43(34-18-6-2-7-19-34)30-37(33-16-4-1-5-17-33)31-44(49)35-20-8-3-9-21-35/h1-31H. The zero-order chi connectivity index (χ0) is 37.8. The molecular weight excluding hydrogens is 687 g/mol. The van der Waals surface area contributed by atoms with E-state index in [-0.39, 0.29) is 5.91 Å². The van der Waals surface area contributed by atoms with Gasteiger partial charge in [0.15, 0.2) is 0 Å². The van der Waals surface area contributed by atoms with E-state index in [9.17, 15) is 5.26 Å². The molecule has 1 aliphatic heterocycles. The Balaban J connectivity index is 1.25. The van der Waals surface area contributed by atoms with Gasteiger partial charge in [0.1, 0.15) is 0 Å². The van der Waals surface area contributed by atoms with Crippen molar-refractivity contribution in [2.75, 3.05) is 4.90 Å². The van der Waals surface area contributed by atoms with Gasteiger partial charge in [-0.25, -0.2) is 4.90 Å². The van der Waals surface area contributed by atoms with Crippen LogP contribution in [0.1, 0.15) is 26.3 Å². The maximum absolute atomic E-state index is 15.4. The molecule has 5 nitrogen and oxygen atoms in total. The smallest absolute Gasteiger partial charge is 0.268 e. The molecule has 9 aromatic rings. The van der Waals surface area contributed by atoms with Gasteiger partial charge in [-0.05, 0) is 58.7 Å². The number of carbonyl (C=O) groups excluding carboxylic acids is 2. The normalized spacial score (nSPS) is 12.3. The molecule has 1 aliphatic rings. The lowest BCUT2D eigenvalue weighted by molar-refractivity contribution is 0.0926. The third-order valence-electron chi connectivity index (χ3n) is 10.8. The summed E-state index contributed by atoms with van der Waals surface area (Å²) in [4.78, 5) is 31.8. The van der Waals surface area contributed by atoms with E-state index >= 15 is 9.59 Å². The van der Waals surface area contributed by atoms with Crippen molar-refractivity contribution in [2.45, 2.75) is 0 Å². The van der Waals surface area contributed by atoms with Crippen LogP contribution in [-0.2, 0) is 0 Å². The summed E-state index contributed by atoms with van der Waals surface area (Å²) in [5, 5.41) is 12.1. The van der Waals surface area contributed by atoms with E-state index in [1.807, 2.05) is 146 Å². The monoisotopic (exact) mass is 717 g/mol. The van der Waals surface area contributed by atoms with Crippen molar-refractivity contribution in [3.63, 3.8) is 0 Å². The minimum atomic E-state index is -0.400. The van der Waals surface area contributed by atoms with Crippen LogP contribution in [0.5, 0.6) is 0 Å². The van der Waals surface area contributed by atoms with Crippen molar-refractivity contribution < 1.29 is 9.59 Å². The lowest BCUT2D eigenvalue weighted by Gasteiger charge is -2.24. The van der Waals surface area contributed by atoms with Gasteiger partial charge in [-0.15, -0.1) is 0 Å². The van der Waals surface area contributed by atoms with Crippen LogP contribution in [0.2, 0.25) is 0 Å². The van der Waals surface area contributed by atoms with Crippen LogP contribution in [-0.4, -0.2) is 16.4 Å². The molecule has 0 aliphatic carbocycles. The van der Waals surface area contributed by atoms with Crippen LogP contribution in [0.15, 0.2) is 188 Å². The van der Waals surface area contributed by atoms with Gasteiger partial charge in [-0.2, -0.15) is 5.26 Å². The lowest BCUT2D eigenvalue weighted by Crippen LogP contribution is -2.30. The van der Waals surface area contributed by atoms with Crippen LogP contribution < -0.4 is 4.90 Å². The number of imide groups is 1. The first-order chi connectivity index (χ1) is 27.6. The summed E-state index contributed by atoms with van der Waals surface area (Å²) in [5.41, 5.74) is 11.0. The molecule has 0 N–H and O–H groups in total. The summed E-state index contributed by atoms with van der Waals surface area (Å²) < 4.78 is 2.09. The Hall–Kier alpha value is -7.81. The van der Waals surface area contributed by atoms with Crippen LogP contribution in [0.25, 0.3) is 72.0 Å². The van der Waals surface area contributed by atoms with Gasteiger partial charge in [0.2, 0.25) is 0 Å². The van der Waals surface area contributed by atoms with Gasteiger partial charge in [0.05, 0.1) is 45.2 Å². The summed E-state index contributed by atoms with van der Waals surface area (Å²) in [7, 11) is 0.